The number of hydrogen-bond acceptors (Lipinski definition) is 2. The first kappa shape index (κ1) is 6.67. The largest absolute Gasteiger partial charge is 0.283 e. The fourth-order valence-electron chi connectivity index (χ4n) is 1.09. The van der Waals surface area contributed by atoms with Crippen LogP contribution in [0.15, 0.2) is 18.2 Å². The minimum absolute atomic E-state index is 0.0830. The van der Waals surface area contributed by atoms with Crippen LogP contribution in [0.25, 0.3) is 0 Å². The van der Waals surface area contributed by atoms with Crippen LogP contribution >= 0.6 is 0 Å². The molecule has 0 aromatic heterocycles. The molecule has 1 radical (unpaired) electrons. The predicted octanol–water partition coefficient (Wildman–Crippen LogP) is 0.742. The summed E-state index contributed by atoms with van der Waals surface area (Å²) >= 11 is 0. The van der Waals surface area contributed by atoms with E-state index in [1.165, 1.54) is 0 Å². The van der Waals surface area contributed by atoms with Gasteiger partial charge in [-0.15, -0.1) is 0 Å². The molecule has 1 aliphatic heterocycles. The SMILES string of the molecule is O=S1(=O)Cc2c[c]ccc2N1. The zero-order valence-corrected chi connectivity index (χ0v) is 6.48. The Hall–Kier alpha value is -1.03. The van der Waals surface area contributed by atoms with Crippen LogP contribution in [0.5, 0.6) is 0 Å². The molecule has 1 N–H and O–H groups in total. The van der Waals surface area contributed by atoms with Crippen LogP contribution in [0, 0.1) is 6.07 Å². The maximum absolute atomic E-state index is 11.0. The third-order valence-electron chi connectivity index (χ3n) is 1.56. The van der Waals surface area contributed by atoms with Gasteiger partial charge in [0.1, 0.15) is 0 Å². The molecule has 0 atom stereocenters. The van der Waals surface area contributed by atoms with Crippen molar-refractivity contribution in [3.05, 3.63) is 29.8 Å². The lowest BCUT2D eigenvalue weighted by Crippen LogP contribution is -2.05. The standard InChI is InChI=1S/C7H6NO2S/c9-11(10)5-6-3-1-2-4-7(6)8-11/h2-4,8H,5H2. The number of anilines is 1. The quantitative estimate of drug-likeness (QED) is 0.621. The van der Waals surface area contributed by atoms with Crippen LogP contribution in [0.4, 0.5) is 5.69 Å². The van der Waals surface area contributed by atoms with Gasteiger partial charge in [0, 0.05) is 0 Å². The van der Waals surface area contributed by atoms with E-state index < -0.39 is 10.0 Å². The first-order valence-electron chi connectivity index (χ1n) is 3.17. The fraction of sp³-hybridized carbons (Fsp3) is 0.143. The van der Waals surface area contributed by atoms with Crippen molar-refractivity contribution < 1.29 is 8.42 Å². The molecule has 0 unspecified atom stereocenters. The third-order valence-corrected chi connectivity index (χ3v) is 2.78. The van der Waals surface area contributed by atoms with E-state index in [9.17, 15) is 8.42 Å². The summed E-state index contributed by atoms with van der Waals surface area (Å²) in [5.41, 5.74) is 1.48. The van der Waals surface area contributed by atoms with Crippen LogP contribution < -0.4 is 4.72 Å². The summed E-state index contributed by atoms with van der Waals surface area (Å²) in [6, 6.07) is 7.91. The van der Waals surface area contributed by atoms with Crippen LogP contribution in [0.1, 0.15) is 5.56 Å². The number of rotatable bonds is 0. The van der Waals surface area contributed by atoms with E-state index in [4.69, 9.17) is 0 Å². The van der Waals surface area contributed by atoms with Gasteiger partial charge in [0.2, 0.25) is 10.0 Å². The summed E-state index contributed by atoms with van der Waals surface area (Å²) in [5, 5.41) is 0. The van der Waals surface area contributed by atoms with Gasteiger partial charge in [-0.2, -0.15) is 0 Å². The molecular formula is C7H6NO2S. The molecule has 57 valence electrons. The fourth-order valence-corrected chi connectivity index (χ4v) is 2.35. The number of hydrogen-bond donors (Lipinski definition) is 1. The van der Waals surface area contributed by atoms with Crippen molar-refractivity contribution in [2.24, 2.45) is 0 Å². The lowest BCUT2D eigenvalue weighted by Gasteiger charge is -1.93. The second-order valence-corrected chi connectivity index (χ2v) is 4.17. The van der Waals surface area contributed by atoms with Gasteiger partial charge < -0.3 is 0 Å². The highest BCUT2D eigenvalue weighted by Crippen LogP contribution is 2.25. The lowest BCUT2D eigenvalue weighted by molar-refractivity contribution is 0.602. The van der Waals surface area contributed by atoms with E-state index in [-0.39, 0.29) is 5.75 Å². The van der Waals surface area contributed by atoms with Gasteiger partial charge >= 0.3 is 0 Å². The Kier molecular flexibility index (Phi) is 1.20. The van der Waals surface area contributed by atoms with Crippen LogP contribution in [-0.2, 0) is 15.8 Å². The van der Waals surface area contributed by atoms with Gasteiger partial charge in [-0.3, -0.25) is 4.72 Å². The molecule has 0 saturated carbocycles. The van der Waals surface area contributed by atoms with Gasteiger partial charge in [0.05, 0.1) is 11.4 Å². The zero-order valence-electron chi connectivity index (χ0n) is 5.66. The van der Waals surface area contributed by atoms with Crippen LogP contribution in [0.3, 0.4) is 0 Å². The van der Waals surface area contributed by atoms with Crippen molar-refractivity contribution in [3.63, 3.8) is 0 Å². The molecular weight excluding hydrogens is 162 g/mol. The highest BCUT2D eigenvalue weighted by atomic mass is 32.2. The molecule has 1 aromatic rings. The van der Waals surface area contributed by atoms with Gasteiger partial charge in [0.15, 0.2) is 0 Å². The summed E-state index contributed by atoms with van der Waals surface area (Å²) in [5.74, 6) is 0.0830. The molecule has 0 fully saturated rings. The molecule has 0 spiro atoms. The first-order valence-corrected chi connectivity index (χ1v) is 4.82. The molecule has 0 aliphatic carbocycles. The summed E-state index contributed by atoms with van der Waals surface area (Å²) in [7, 11) is -3.08. The molecule has 0 saturated heterocycles. The number of sulfonamides is 1. The Balaban J connectivity index is 2.57. The van der Waals surface area contributed by atoms with Crippen molar-refractivity contribution in [2.45, 2.75) is 5.75 Å². The monoisotopic (exact) mass is 168 g/mol. The lowest BCUT2D eigenvalue weighted by atomic mass is 10.2. The topological polar surface area (TPSA) is 46.2 Å². The van der Waals surface area contributed by atoms with E-state index in [0.29, 0.717) is 5.69 Å². The molecule has 1 heterocycles. The second kappa shape index (κ2) is 1.98. The van der Waals surface area contributed by atoms with E-state index in [0.717, 1.165) is 5.56 Å². The third kappa shape index (κ3) is 1.09. The van der Waals surface area contributed by atoms with E-state index in [2.05, 4.69) is 10.8 Å². The molecule has 3 nitrogen and oxygen atoms in total. The minimum atomic E-state index is -3.08. The molecule has 0 amide bonds. The number of nitrogens with one attached hydrogen (secondary N) is 1. The summed E-state index contributed by atoms with van der Waals surface area (Å²) < 4.78 is 24.4. The van der Waals surface area contributed by atoms with Crippen molar-refractivity contribution in [1.29, 1.82) is 0 Å². The molecule has 1 aromatic carbocycles. The minimum Gasteiger partial charge on any atom is -0.283 e. The second-order valence-electron chi connectivity index (χ2n) is 2.44. The van der Waals surface area contributed by atoms with E-state index in [1.807, 2.05) is 0 Å². The highest BCUT2D eigenvalue weighted by molar-refractivity contribution is 7.92. The van der Waals surface area contributed by atoms with E-state index in [1.54, 1.807) is 18.2 Å². The van der Waals surface area contributed by atoms with Gasteiger partial charge in [-0.1, -0.05) is 6.07 Å². The number of fused-ring (bicyclic) bond motifs is 1. The summed E-state index contributed by atoms with van der Waals surface area (Å²) in [6.07, 6.45) is 0. The Morgan fingerprint density at radius 2 is 2.36 bits per heavy atom. The van der Waals surface area contributed by atoms with Gasteiger partial charge in [-0.05, 0) is 23.8 Å². The van der Waals surface area contributed by atoms with Crippen molar-refractivity contribution in [2.75, 3.05) is 4.72 Å². The molecule has 0 bridgehead atoms. The van der Waals surface area contributed by atoms with Crippen LogP contribution in [0.2, 0.25) is 0 Å². The Labute approximate surface area is 65.1 Å². The molecule has 1 aliphatic rings. The molecule has 2 rings (SSSR count). The maximum Gasteiger partial charge on any atom is 0.237 e. The van der Waals surface area contributed by atoms with Crippen LogP contribution in [-0.4, -0.2) is 8.42 Å². The number of benzene rings is 1. The Bertz CT molecular complexity index is 352. The van der Waals surface area contributed by atoms with Crippen molar-refractivity contribution in [3.8, 4) is 0 Å². The van der Waals surface area contributed by atoms with Crippen molar-refractivity contribution >= 4 is 15.7 Å². The average molecular weight is 168 g/mol. The average Bonchev–Trinajstić information content (AvgIpc) is 2.21. The van der Waals surface area contributed by atoms with Gasteiger partial charge in [0.25, 0.3) is 0 Å². The Morgan fingerprint density at radius 3 is 3.09 bits per heavy atom. The summed E-state index contributed by atoms with van der Waals surface area (Å²) in [4.78, 5) is 0. The summed E-state index contributed by atoms with van der Waals surface area (Å²) in [6.45, 7) is 0. The normalized spacial score (nSPS) is 18.9. The first-order chi connectivity index (χ1) is 5.17. The van der Waals surface area contributed by atoms with Gasteiger partial charge in [-0.25, -0.2) is 8.42 Å². The maximum atomic E-state index is 11.0. The smallest absolute Gasteiger partial charge is 0.237 e. The molecule has 4 heteroatoms. The molecule has 11 heavy (non-hydrogen) atoms. The predicted molar refractivity (Wildman–Crippen MR) is 41.5 cm³/mol. The zero-order chi connectivity index (χ0) is 7.90. The highest BCUT2D eigenvalue weighted by Gasteiger charge is 2.21. The Morgan fingerprint density at radius 1 is 1.55 bits per heavy atom. The van der Waals surface area contributed by atoms with E-state index >= 15 is 0 Å². The van der Waals surface area contributed by atoms with Crippen molar-refractivity contribution in [1.82, 2.24) is 0 Å².